The first-order valence-electron chi connectivity index (χ1n) is 4.02. The van der Waals surface area contributed by atoms with Gasteiger partial charge >= 0.3 is 0 Å². The Balaban J connectivity index is 2.11. The number of halogens is 1. The highest BCUT2D eigenvalue weighted by molar-refractivity contribution is 9.09. The second-order valence-electron chi connectivity index (χ2n) is 2.52. The van der Waals surface area contributed by atoms with Gasteiger partial charge in [0.25, 0.3) is 0 Å². The minimum atomic E-state index is 0.0899. The number of amides is 1. The van der Waals surface area contributed by atoms with E-state index in [0.29, 0.717) is 13.0 Å². The van der Waals surface area contributed by atoms with E-state index >= 15 is 0 Å². The minimum Gasteiger partial charge on any atom is -0.356 e. The number of aromatic nitrogens is 1. The minimum absolute atomic E-state index is 0.0899. The van der Waals surface area contributed by atoms with Gasteiger partial charge in [-0.2, -0.15) is 0 Å². The predicted octanol–water partition coefficient (Wildman–Crippen LogP) is 1.59. The standard InChI is InChI=1S/C8H11BrN2OS/c9-3-1-8(12)10-4-2-7-5-13-6-11-7/h5-6H,1-4H2,(H,10,12). The van der Waals surface area contributed by atoms with E-state index in [9.17, 15) is 4.79 Å². The number of thiazole rings is 1. The lowest BCUT2D eigenvalue weighted by Gasteiger charge is -2.01. The maximum absolute atomic E-state index is 11.0. The Morgan fingerprint density at radius 2 is 2.54 bits per heavy atom. The normalized spacial score (nSPS) is 9.92. The monoisotopic (exact) mass is 262 g/mol. The smallest absolute Gasteiger partial charge is 0.220 e. The average Bonchev–Trinajstić information content (AvgIpc) is 2.57. The molecule has 1 N–H and O–H groups in total. The number of rotatable bonds is 5. The first-order valence-corrected chi connectivity index (χ1v) is 6.09. The summed E-state index contributed by atoms with van der Waals surface area (Å²) in [5.74, 6) is 0.0899. The third-order valence-corrected chi connectivity index (χ3v) is 2.54. The molecule has 0 aromatic carbocycles. The second kappa shape index (κ2) is 6.10. The van der Waals surface area contributed by atoms with E-state index < -0.39 is 0 Å². The summed E-state index contributed by atoms with van der Waals surface area (Å²) in [6, 6.07) is 0. The van der Waals surface area contributed by atoms with Gasteiger partial charge in [0.05, 0.1) is 11.2 Å². The van der Waals surface area contributed by atoms with E-state index in [1.165, 1.54) is 0 Å². The Morgan fingerprint density at radius 3 is 3.15 bits per heavy atom. The SMILES string of the molecule is O=C(CCBr)NCCc1cscn1. The maximum Gasteiger partial charge on any atom is 0.220 e. The third-order valence-electron chi connectivity index (χ3n) is 1.51. The second-order valence-corrected chi connectivity index (χ2v) is 4.03. The van der Waals surface area contributed by atoms with Crippen molar-refractivity contribution in [2.45, 2.75) is 12.8 Å². The van der Waals surface area contributed by atoms with Crippen LogP contribution >= 0.6 is 27.3 Å². The summed E-state index contributed by atoms with van der Waals surface area (Å²) in [4.78, 5) is 15.1. The number of alkyl halides is 1. The third kappa shape index (κ3) is 4.38. The zero-order valence-corrected chi connectivity index (χ0v) is 9.53. The van der Waals surface area contributed by atoms with Crippen LogP contribution in [0.1, 0.15) is 12.1 Å². The molecule has 0 unspecified atom stereocenters. The zero-order chi connectivity index (χ0) is 9.52. The van der Waals surface area contributed by atoms with Crippen LogP contribution in [0.5, 0.6) is 0 Å². The molecule has 1 rings (SSSR count). The molecule has 0 aliphatic carbocycles. The number of nitrogens with one attached hydrogen (secondary N) is 1. The summed E-state index contributed by atoms with van der Waals surface area (Å²) in [6.45, 7) is 0.676. The van der Waals surface area contributed by atoms with Crippen molar-refractivity contribution in [1.82, 2.24) is 10.3 Å². The molecule has 1 amide bonds. The van der Waals surface area contributed by atoms with Gasteiger partial charge in [-0.05, 0) is 0 Å². The maximum atomic E-state index is 11.0. The average molecular weight is 263 g/mol. The molecule has 0 saturated carbocycles. The van der Waals surface area contributed by atoms with Crippen LogP contribution in [0, 0.1) is 0 Å². The van der Waals surface area contributed by atoms with E-state index in [2.05, 4.69) is 26.2 Å². The van der Waals surface area contributed by atoms with E-state index in [0.717, 1.165) is 17.4 Å². The summed E-state index contributed by atoms with van der Waals surface area (Å²) >= 11 is 4.79. The molecule has 72 valence electrons. The van der Waals surface area contributed by atoms with E-state index in [4.69, 9.17) is 0 Å². The van der Waals surface area contributed by atoms with Crippen LogP contribution < -0.4 is 5.32 Å². The molecule has 0 saturated heterocycles. The van der Waals surface area contributed by atoms with Crippen LogP contribution in [0.3, 0.4) is 0 Å². The zero-order valence-electron chi connectivity index (χ0n) is 7.12. The van der Waals surface area contributed by atoms with Gasteiger partial charge in [0.2, 0.25) is 5.91 Å². The molecule has 13 heavy (non-hydrogen) atoms. The van der Waals surface area contributed by atoms with Crippen molar-refractivity contribution in [3.63, 3.8) is 0 Å². The van der Waals surface area contributed by atoms with Gasteiger partial charge in [-0.1, -0.05) is 15.9 Å². The fourth-order valence-corrected chi connectivity index (χ4v) is 1.82. The Labute approximate surface area is 89.7 Å². The molecule has 0 spiro atoms. The molecule has 3 nitrogen and oxygen atoms in total. The fraction of sp³-hybridized carbons (Fsp3) is 0.500. The quantitative estimate of drug-likeness (QED) is 0.820. The molecular weight excluding hydrogens is 252 g/mol. The van der Waals surface area contributed by atoms with Crippen LogP contribution in [-0.2, 0) is 11.2 Å². The highest BCUT2D eigenvalue weighted by Crippen LogP contribution is 2.00. The van der Waals surface area contributed by atoms with Gasteiger partial charge < -0.3 is 5.32 Å². The highest BCUT2D eigenvalue weighted by Gasteiger charge is 1.99. The van der Waals surface area contributed by atoms with Crippen LogP contribution in [-0.4, -0.2) is 22.8 Å². The molecule has 0 atom stereocenters. The van der Waals surface area contributed by atoms with Gasteiger partial charge in [0.15, 0.2) is 0 Å². The Bertz CT molecular complexity index is 251. The van der Waals surface area contributed by atoms with Crippen molar-refractivity contribution in [3.05, 3.63) is 16.6 Å². The van der Waals surface area contributed by atoms with Crippen molar-refractivity contribution in [1.29, 1.82) is 0 Å². The Morgan fingerprint density at radius 1 is 1.69 bits per heavy atom. The molecular formula is C8H11BrN2OS. The van der Waals surface area contributed by atoms with E-state index in [-0.39, 0.29) is 5.91 Å². The number of hydrogen-bond acceptors (Lipinski definition) is 3. The predicted molar refractivity (Wildman–Crippen MR) is 57.2 cm³/mol. The largest absolute Gasteiger partial charge is 0.356 e. The van der Waals surface area contributed by atoms with E-state index in [1.54, 1.807) is 16.8 Å². The topological polar surface area (TPSA) is 42.0 Å². The molecule has 0 fully saturated rings. The van der Waals surface area contributed by atoms with Crippen LogP contribution in [0.2, 0.25) is 0 Å². The molecule has 0 bridgehead atoms. The Hall–Kier alpha value is -0.420. The van der Waals surface area contributed by atoms with Crippen molar-refractivity contribution in [2.24, 2.45) is 0 Å². The molecule has 1 heterocycles. The van der Waals surface area contributed by atoms with Gasteiger partial charge in [-0.15, -0.1) is 11.3 Å². The van der Waals surface area contributed by atoms with Crippen molar-refractivity contribution >= 4 is 33.2 Å². The van der Waals surface area contributed by atoms with E-state index in [1.807, 2.05) is 5.38 Å². The molecule has 0 aliphatic rings. The first-order chi connectivity index (χ1) is 6.33. The number of carbonyl (C=O) groups is 1. The molecule has 0 aliphatic heterocycles. The van der Waals surface area contributed by atoms with Crippen molar-refractivity contribution < 1.29 is 4.79 Å². The molecule has 1 aromatic rings. The summed E-state index contributed by atoms with van der Waals surface area (Å²) in [6.07, 6.45) is 1.36. The highest BCUT2D eigenvalue weighted by atomic mass is 79.9. The number of carbonyl (C=O) groups excluding carboxylic acids is 1. The van der Waals surface area contributed by atoms with Gasteiger partial charge in [0, 0.05) is 30.1 Å². The summed E-state index contributed by atoms with van der Waals surface area (Å²) in [5.41, 5.74) is 2.85. The van der Waals surface area contributed by atoms with Crippen molar-refractivity contribution in [2.75, 3.05) is 11.9 Å². The number of hydrogen-bond donors (Lipinski definition) is 1. The Kier molecular flexibility index (Phi) is 5.00. The van der Waals surface area contributed by atoms with Gasteiger partial charge in [0.1, 0.15) is 0 Å². The summed E-state index contributed by atoms with van der Waals surface area (Å²) in [5, 5.41) is 5.53. The van der Waals surface area contributed by atoms with Gasteiger partial charge in [-0.25, -0.2) is 4.98 Å². The molecule has 0 radical (unpaired) electrons. The van der Waals surface area contributed by atoms with Crippen LogP contribution in [0.15, 0.2) is 10.9 Å². The number of nitrogens with zero attached hydrogens (tertiary/aromatic N) is 1. The first kappa shape index (κ1) is 10.7. The van der Waals surface area contributed by atoms with Crippen LogP contribution in [0.4, 0.5) is 0 Å². The lowest BCUT2D eigenvalue weighted by Crippen LogP contribution is -2.25. The molecule has 1 aromatic heterocycles. The van der Waals surface area contributed by atoms with Crippen LogP contribution in [0.25, 0.3) is 0 Å². The lowest BCUT2D eigenvalue weighted by molar-refractivity contribution is -0.120. The fourth-order valence-electron chi connectivity index (χ4n) is 0.865. The van der Waals surface area contributed by atoms with Crippen molar-refractivity contribution in [3.8, 4) is 0 Å². The lowest BCUT2D eigenvalue weighted by atomic mass is 10.3. The van der Waals surface area contributed by atoms with Gasteiger partial charge in [-0.3, -0.25) is 4.79 Å². The summed E-state index contributed by atoms with van der Waals surface area (Å²) < 4.78 is 0. The molecule has 5 heteroatoms. The summed E-state index contributed by atoms with van der Waals surface area (Å²) in [7, 11) is 0.